The Hall–Kier alpha value is -0.780. The monoisotopic (exact) mass is 225 g/mol. The second-order valence-corrected chi connectivity index (χ2v) is 4.63. The number of aromatic nitrogens is 2. The van der Waals surface area contributed by atoms with Crippen LogP contribution in [-0.4, -0.2) is 9.97 Å². The van der Waals surface area contributed by atoms with Crippen molar-refractivity contribution in [3.8, 4) is 0 Å². The zero-order valence-corrected chi connectivity index (χ0v) is 9.49. The number of rotatable bonds is 4. The third-order valence-corrected chi connectivity index (χ3v) is 3.33. The van der Waals surface area contributed by atoms with Crippen molar-refractivity contribution in [1.82, 2.24) is 15.3 Å². The van der Waals surface area contributed by atoms with Crippen molar-refractivity contribution in [3.05, 3.63) is 32.7 Å². The third-order valence-electron chi connectivity index (χ3n) is 1.73. The Balaban J connectivity index is 1.78. The second-order valence-electron chi connectivity index (χ2n) is 2.97. The van der Waals surface area contributed by atoms with Crippen LogP contribution in [0.1, 0.15) is 16.4 Å². The van der Waals surface area contributed by atoms with Gasteiger partial charge in [-0.25, -0.2) is 9.97 Å². The van der Waals surface area contributed by atoms with Crippen LogP contribution >= 0.6 is 22.7 Å². The number of aryl methyl sites for hydroxylation is 1. The lowest BCUT2D eigenvalue weighted by atomic mass is 10.5. The van der Waals surface area contributed by atoms with Gasteiger partial charge >= 0.3 is 0 Å². The minimum absolute atomic E-state index is 0.822. The minimum atomic E-state index is 0.822. The van der Waals surface area contributed by atoms with Gasteiger partial charge in [0, 0.05) is 29.5 Å². The second kappa shape index (κ2) is 4.63. The van der Waals surface area contributed by atoms with E-state index in [1.165, 1.54) is 0 Å². The van der Waals surface area contributed by atoms with E-state index in [1.807, 2.05) is 12.4 Å². The zero-order valence-electron chi connectivity index (χ0n) is 7.86. The Morgan fingerprint density at radius 1 is 1.36 bits per heavy atom. The summed E-state index contributed by atoms with van der Waals surface area (Å²) in [6, 6.07) is 0. The number of thiazole rings is 2. The van der Waals surface area contributed by atoms with Gasteiger partial charge in [-0.1, -0.05) is 0 Å². The normalized spacial score (nSPS) is 10.6. The van der Waals surface area contributed by atoms with Crippen LogP contribution < -0.4 is 5.32 Å². The summed E-state index contributed by atoms with van der Waals surface area (Å²) in [6.45, 7) is 3.67. The molecule has 0 unspecified atom stereocenters. The molecule has 5 heteroatoms. The van der Waals surface area contributed by atoms with E-state index in [0.29, 0.717) is 0 Å². The van der Waals surface area contributed by atoms with Crippen molar-refractivity contribution in [3.63, 3.8) is 0 Å². The zero-order chi connectivity index (χ0) is 9.80. The van der Waals surface area contributed by atoms with Crippen LogP contribution in [0.5, 0.6) is 0 Å². The fourth-order valence-electron chi connectivity index (χ4n) is 1.11. The molecule has 0 bridgehead atoms. The van der Waals surface area contributed by atoms with E-state index in [9.17, 15) is 0 Å². The highest BCUT2D eigenvalue weighted by molar-refractivity contribution is 7.09. The highest BCUT2D eigenvalue weighted by Crippen LogP contribution is 2.08. The van der Waals surface area contributed by atoms with Crippen molar-refractivity contribution >= 4 is 22.7 Å². The lowest BCUT2D eigenvalue weighted by Gasteiger charge is -1.98. The molecule has 74 valence electrons. The highest BCUT2D eigenvalue weighted by atomic mass is 32.1. The first kappa shape index (κ1) is 9.76. The Bertz CT molecular complexity index is 380. The van der Waals surface area contributed by atoms with Crippen LogP contribution in [0.15, 0.2) is 16.3 Å². The molecule has 0 saturated carbocycles. The summed E-state index contributed by atoms with van der Waals surface area (Å²) in [4.78, 5) is 8.56. The molecule has 1 N–H and O–H groups in total. The van der Waals surface area contributed by atoms with Gasteiger partial charge in [0.05, 0.1) is 11.2 Å². The van der Waals surface area contributed by atoms with Crippen LogP contribution in [0, 0.1) is 6.92 Å². The first-order valence-corrected chi connectivity index (χ1v) is 6.15. The van der Waals surface area contributed by atoms with Crippen LogP contribution in [0.25, 0.3) is 0 Å². The molecule has 2 aromatic rings. The van der Waals surface area contributed by atoms with Gasteiger partial charge in [0.15, 0.2) is 0 Å². The third kappa shape index (κ3) is 2.60. The van der Waals surface area contributed by atoms with E-state index in [2.05, 4.69) is 26.0 Å². The van der Waals surface area contributed by atoms with Crippen LogP contribution in [0.4, 0.5) is 0 Å². The van der Waals surface area contributed by atoms with E-state index in [4.69, 9.17) is 0 Å². The maximum absolute atomic E-state index is 4.37. The van der Waals surface area contributed by atoms with Crippen molar-refractivity contribution in [2.24, 2.45) is 0 Å². The molecule has 2 aromatic heterocycles. The average Bonchev–Trinajstić information content (AvgIpc) is 2.77. The molecule has 3 nitrogen and oxygen atoms in total. The van der Waals surface area contributed by atoms with Crippen molar-refractivity contribution in [2.45, 2.75) is 20.0 Å². The molecular formula is C9H11N3S2. The summed E-state index contributed by atoms with van der Waals surface area (Å²) >= 11 is 3.32. The number of nitrogens with one attached hydrogen (secondary N) is 1. The van der Waals surface area contributed by atoms with E-state index < -0.39 is 0 Å². The first-order valence-electron chi connectivity index (χ1n) is 4.33. The largest absolute Gasteiger partial charge is 0.305 e. The van der Waals surface area contributed by atoms with Gasteiger partial charge in [-0.3, -0.25) is 0 Å². The average molecular weight is 225 g/mol. The molecule has 0 saturated heterocycles. The molecule has 0 spiro atoms. The quantitative estimate of drug-likeness (QED) is 0.867. The minimum Gasteiger partial charge on any atom is -0.305 e. The van der Waals surface area contributed by atoms with Crippen LogP contribution in [-0.2, 0) is 13.1 Å². The Labute approximate surface area is 90.9 Å². The van der Waals surface area contributed by atoms with Crippen LogP contribution in [0.2, 0.25) is 0 Å². The lowest BCUT2D eigenvalue weighted by molar-refractivity contribution is 0.678. The molecule has 0 fully saturated rings. The summed E-state index contributed by atoms with van der Waals surface area (Å²) in [5.74, 6) is 0. The lowest BCUT2D eigenvalue weighted by Crippen LogP contribution is -2.12. The van der Waals surface area contributed by atoms with Crippen molar-refractivity contribution < 1.29 is 0 Å². The molecule has 0 aliphatic heterocycles. The number of hydrogen-bond donors (Lipinski definition) is 1. The SMILES string of the molecule is Cc1csc(CNCc2cscn2)n1. The fraction of sp³-hybridized carbons (Fsp3) is 0.333. The van der Waals surface area contributed by atoms with Crippen molar-refractivity contribution in [1.29, 1.82) is 0 Å². The van der Waals surface area contributed by atoms with Gasteiger partial charge in [0.2, 0.25) is 0 Å². The number of nitrogens with zero attached hydrogens (tertiary/aromatic N) is 2. The molecule has 0 atom stereocenters. The van der Waals surface area contributed by atoms with E-state index in [1.54, 1.807) is 22.7 Å². The first-order chi connectivity index (χ1) is 6.84. The van der Waals surface area contributed by atoms with Crippen LogP contribution in [0.3, 0.4) is 0 Å². The van der Waals surface area contributed by atoms with Gasteiger partial charge in [0.1, 0.15) is 5.01 Å². The summed E-state index contributed by atoms with van der Waals surface area (Å²) in [5, 5.41) is 8.57. The van der Waals surface area contributed by atoms with E-state index in [0.717, 1.165) is 29.5 Å². The van der Waals surface area contributed by atoms with Gasteiger partial charge < -0.3 is 5.32 Å². The maximum Gasteiger partial charge on any atom is 0.107 e. The maximum atomic E-state index is 4.37. The van der Waals surface area contributed by atoms with Gasteiger partial charge in [-0.15, -0.1) is 22.7 Å². The van der Waals surface area contributed by atoms with Gasteiger partial charge in [0.25, 0.3) is 0 Å². The summed E-state index contributed by atoms with van der Waals surface area (Å²) < 4.78 is 0. The predicted octanol–water partition coefficient (Wildman–Crippen LogP) is 2.20. The summed E-state index contributed by atoms with van der Waals surface area (Å²) in [5.41, 5.74) is 4.05. The van der Waals surface area contributed by atoms with E-state index >= 15 is 0 Å². The molecule has 0 aliphatic carbocycles. The molecule has 0 amide bonds. The molecule has 0 radical (unpaired) electrons. The predicted molar refractivity (Wildman–Crippen MR) is 59.5 cm³/mol. The molecule has 0 aromatic carbocycles. The Morgan fingerprint density at radius 2 is 2.29 bits per heavy atom. The van der Waals surface area contributed by atoms with Gasteiger partial charge in [-0.2, -0.15) is 0 Å². The molecule has 2 heterocycles. The molecule has 14 heavy (non-hydrogen) atoms. The topological polar surface area (TPSA) is 37.8 Å². The number of hydrogen-bond acceptors (Lipinski definition) is 5. The summed E-state index contributed by atoms with van der Waals surface area (Å²) in [7, 11) is 0. The molecule has 0 aliphatic rings. The Kier molecular flexibility index (Phi) is 3.23. The smallest absolute Gasteiger partial charge is 0.107 e. The molecular weight excluding hydrogens is 214 g/mol. The standard InChI is InChI=1S/C9H11N3S2/c1-7-4-14-9(12-7)3-10-2-8-5-13-6-11-8/h4-6,10H,2-3H2,1H3. The summed E-state index contributed by atoms with van der Waals surface area (Å²) in [6.07, 6.45) is 0. The Morgan fingerprint density at radius 3 is 2.93 bits per heavy atom. The van der Waals surface area contributed by atoms with Gasteiger partial charge in [-0.05, 0) is 6.92 Å². The molecule has 2 rings (SSSR count). The fourth-order valence-corrected chi connectivity index (χ4v) is 2.41. The van der Waals surface area contributed by atoms with E-state index in [-0.39, 0.29) is 0 Å². The highest BCUT2D eigenvalue weighted by Gasteiger charge is 1.98. The van der Waals surface area contributed by atoms with Crippen molar-refractivity contribution in [2.75, 3.05) is 0 Å².